The molecule has 0 aromatic carbocycles. The second kappa shape index (κ2) is 9.31. The van der Waals surface area contributed by atoms with E-state index in [0.29, 0.717) is 5.92 Å². The molecule has 3 N–H and O–H groups in total. The maximum atomic E-state index is 10.8. The molecule has 10 heteroatoms. The first-order chi connectivity index (χ1) is 16.3. The number of hydrogen-bond acceptors (Lipinski definition) is 6. The second-order valence-corrected chi connectivity index (χ2v) is 8.69. The molecule has 2 aliphatic rings. The summed E-state index contributed by atoms with van der Waals surface area (Å²) in [6.07, 6.45) is 15.0. The van der Waals surface area contributed by atoms with E-state index < -0.39 is 17.4 Å². The van der Waals surface area contributed by atoms with Crippen molar-refractivity contribution in [3.8, 4) is 17.3 Å². The molecule has 0 bridgehead atoms. The van der Waals surface area contributed by atoms with Crippen LogP contribution in [0.2, 0.25) is 0 Å². The van der Waals surface area contributed by atoms with Crippen molar-refractivity contribution in [3.05, 3.63) is 54.8 Å². The van der Waals surface area contributed by atoms with Gasteiger partial charge < -0.3 is 15.2 Å². The first kappa shape index (κ1) is 22.9. The van der Waals surface area contributed by atoms with Crippen molar-refractivity contribution in [1.29, 1.82) is 5.26 Å². The van der Waals surface area contributed by atoms with Gasteiger partial charge in [0.2, 0.25) is 0 Å². The third kappa shape index (κ3) is 4.45. The molecule has 174 valence electrons. The molecular formula is C24H24N6O4. The van der Waals surface area contributed by atoms with Crippen LogP contribution in [0.1, 0.15) is 38.6 Å². The number of carboxylic acids is 2. The quantitative estimate of drug-likeness (QED) is 0.519. The van der Waals surface area contributed by atoms with E-state index >= 15 is 0 Å². The van der Waals surface area contributed by atoms with Gasteiger partial charge in [0.1, 0.15) is 18.0 Å². The van der Waals surface area contributed by atoms with E-state index in [0.717, 1.165) is 35.1 Å². The number of aromatic amines is 1. The number of H-pyrrole nitrogens is 1. The molecule has 5 rings (SSSR count). The molecule has 2 atom stereocenters. The Kier molecular flexibility index (Phi) is 6.27. The fraction of sp³-hybridized carbons (Fsp3) is 0.333. The largest absolute Gasteiger partial charge is 0.481 e. The van der Waals surface area contributed by atoms with Gasteiger partial charge in [0, 0.05) is 28.9 Å². The molecule has 3 aromatic heterocycles. The van der Waals surface area contributed by atoms with Crippen LogP contribution in [0.5, 0.6) is 0 Å². The number of fused-ring (bicyclic) bond motifs is 1. The predicted octanol–water partition coefficient (Wildman–Crippen LogP) is 3.73. The van der Waals surface area contributed by atoms with Gasteiger partial charge in [0.25, 0.3) is 0 Å². The highest BCUT2D eigenvalue weighted by Gasteiger charge is 2.34. The van der Waals surface area contributed by atoms with Gasteiger partial charge in [-0.2, -0.15) is 10.4 Å². The van der Waals surface area contributed by atoms with Gasteiger partial charge in [-0.25, -0.2) is 14.8 Å². The summed E-state index contributed by atoms with van der Waals surface area (Å²) in [5.74, 6) is -1.63. The van der Waals surface area contributed by atoms with Gasteiger partial charge in [0.15, 0.2) is 0 Å². The number of aliphatic carboxylic acids is 2. The summed E-state index contributed by atoms with van der Waals surface area (Å²) >= 11 is 0. The number of nitrogens with one attached hydrogen (secondary N) is 1. The molecule has 0 radical (unpaired) electrons. The van der Waals surface area contributed by atoms with Crippen LogP contribution in [0.3, 0.4) is 0 Å². The monoisotopic (exact) mass is 460 g/mol. The number of nitriles is 1. The molecule has 34 heavy (non-hydrogen) atoms. The van der Waals surface area contributed by atoms with Crippen LogP contribution in [0.15, 0.2) is 54.8 Å². The number of carboxylic acid groups (broad SMARTS) is 2. The summed E-state index contributed by atoms with van der Waals surface area (Å²) in [7, 11) is 0. The Balaban J connectivity index is 0.000000182. The summed E-state index contributed by atoms with van der Waals surface area (Å²) in [6.45, 7) is 1.50. The molecule has 10 nitrogen and oxygen atoms in total. The number of hydrogen-bond donors (Lipinski definition) is 3. The molecule has 0 spiro atoms. The average molecular weight is 460 g/mol. The average Bonchev–Trinajstić information content (AvgIpc) is 3.46. The lowest BCUT2D eigenvalue weighted by Crippen LogP contribution is -2.28. The van der Waals surface area contributed by atoms with E-state index in [9.17, 15) is 14.9 Å². The molecule has 3 heterocycles. The van der Waals surface area contributed by atoms with E-state index in [1.54, 1.807) is 17.2 Å². The zero-order valence-corrected chi connectivity index (χ0v) is 18.5. The molecule has 2 aliphatic carbocycles. The van der Waals surface area contributed by atoms with Crippen LogP contribution >= 0.6 is 0 Å². The number of allylic oxidation sites excluding steroid dienone is 2. The maximum absolute atomic E-state index is 10.8. The van der Waals surface area contributed by atoms with Crippen molar-refractivity contribution in [2.75, 3.05) is 0 Å². The SMILES string of the molecule is CC1(C(=O)O)C=CC=C(C(=O)O)C1.N#CC(C1CCC1)n1cc(-c2ncnc3[nH]ccc23)cn1. The van der Waals surface area contributed by atoms with Gasteiger partial charge in [-0.3, -0.25) is 9.48 Å². The van der Waals surface area contributed by atoms with Gasteiger partial charge in [-0.1, -0.05) is 24.6 Å². The summed E-state index contributed by atoms with van der Waals surface area (Å²) in [5, 5.41) is 32.2. The minimum atomic E-state index is -1.08. The Bertz CT molecular complexity index is 1330. The molecule has 0 saturated heterocycles. The Morgan fingerprint density at radius 2 is 2.12 bits per heavy atom. The Morgan fingerprint density at radius 3 is 2.76 bits per heavy atom. The minimum absolute atomic E-state index is 0.0359. The zero-order chi connectivity index (χ0) is 24.3. The van der Waals surface area contributed by atoms with E-state index in [1.807, 2.05) is 18.5 Å². The number of carbonyl (C=O) groups is 2. The summed E-state index contributed by atoms with van der Waals surface area (Å²) in [6, 6.07) is 4.16. The lowest BCUT2D eigenvalue weighted by Gasteiger charge is -2.29. The lowest BCUT2D eigenvalue weighted by molar-refractivity contribution is -0.145. The first-order valence-electron chi connectivity index (χ1n) is 10.9. The van der Waals surface area contributed by atoms with E-state index in [4.69, 9.17) is 10.2 Å². The van der Waals surface area contributed by atoms with Gasteiger partial charge >= 0.3 is 11.9 Å². The fourth-order valence-electron chi connectivity index (χ4n) is 4.03. The molecule has 2 unspecified atom stereocenters. The molecule has 3 aromatic rings. The maximum Gasteiger partial charge on any atom is 0.331 e. The van der Waals surface area contributed by atoms with Gasteiger partial charge in [-0.15, -0.1) is 0 Å². The second-order valence-electron chi connectivity index (χ2n) is 8.69. The molecular weight excluding hydrogens is 436 g/mol. The Labute approximate surface area is 195 Å². The first-order valence-corrected chi connectivity index (χ1v) is 10.9. The van der Waals surface area contributed by atoms with Gasteiger partial charge in [-0.05, 0) is 38.2 Å². The number of nitrogens with zero attached hydrogens (tertiary/aromatic N) is 5. The Hall–Kier alpha value is -4.26. The van der Waals surface area contributed by atoms with E-state index in [2.05, 4.69) is 26.1 Å². The molecule has 0 amide bonds. The molecule has 1 fully saturated rings. The van der Waals surface area contributed by atoms with Crippen LogP contribution < -0.4 is 0 Å². The van der Waals surface area contributed by atoms with Crippen LogP contribution in [0.25, 0.3) is 22.3 Å². The van der Waals surface area contributed by atoms with Crippen molar-refractivity contribution in [1.82, 2.24) is 24.7 Å². The fourth-order valence-corrected chi connectivity index (χ4v) is 4.03. The summed E-state index contributed by atoms with van der Waals surface area (Å²) < 4.78 is 1.78. The highest BCUT2D eigenvalue weighted by molar-refractivity contribution is 5.90. The topological polar surface area (TPSA) is 158 Å². The predicted molar refractivity (Wildman–Crippen MR) is 122 cm³/mol. The highest BCUT2D eigenvalue weighted by Crippen LogP contribution is 2.36. The standard InChI is InChI=1S/C15H14N6.C9H10O4/c16-6-13(10-2-1-3-10)21-8-11(7-20-21)14-12-4-5-17-15(12)19-9-18-14;1-9(8(12)13)4-2-3-6(5-9)7(10)11/h4-5,7-10,13H,1-3H2,(H,17,18,19);2-4H,5H2,1H3,(H,10,11)(H,12,13). The third-order valence-electron chi connectivity index (χ3n) is 6.32. The van der Waals surface area contributed by atoms with E-state index in [-0.39, 0.29) is 18.0 Å². The van der Waals surface area contributed by atoms with Crippen molar-refractivity contribution in [2.45, 2.75) is 38.6 Å². The summed E-state index contributed by atoms with van der Waals surface area (Å²) in [5.41, 5.74) is 1.62. The van der Waals surface area contributed by atoms with Gasteiger partial charge in [0.05, 0.1) is 23.4 Å². The van der Waals surface area contributed by atoms with Crippen LogP contribution in [-0.2, 0) is 9.59 Å². The lowest BCUT2D eigenvalue weighted by atomic mass is 9.80. The van der Waals surface area contributed by atoms with Crippen LogP contribution in [0.4, 0.5) is 0 Å². The Morgan fingerprint density at radius 1 is 1.32 bits per heavy atom. The van der Waals surface area contributed by atoms with Crippen LogP contribution in [0, 0.1) is 22.7 Å². The van der Waals surface area contributed by atoms with Crippen molar-refractivity contribution < 1.29 is 19.8 Å². The third-order valence-corrected chi connectivity index (χ3v) is 6.32. The molecule has 1 saturated carbocycles. The highest BCUT2D eigenvalue weighted by atomic mass is 16.4. The van der Waals surface area contributed by atoms with E-state index in [1.165, 1.54) is 31.6 Å². The normalized spacial score (nSPS) is 20.4. The smallest absolute Gasteiger partial charge is 0.331 e. The molecule has 0 aliphatic heterocycles. The number of rotatable bonds is 5. The van der Waals surface area contributed by atoms with Crippen molar-refractivity contribution in [3.63, 3.8) is 0 Å². The van der Waals surface area contributed by atoms with Crippen molar-refractivity contribution >= 4 is 23.0 Å². The zero-order valence-electron chi connectivity index (χ0n) is 18.5. The van der Waals surface area contributed by atoms with Crippen LogP contribution in [-0.4, -0.2) is 46.9 Å². The minimum Gasteiger partial charge on any atom is -0.481 e. The number of aromatic nitrogens is 5. The summed E-state index contributed by atoms with van der Waals surface area (Å²) in [4.78, 5) is 33.0. The van der Waals surface area contributed by atoms with Crippen molar-refractivity contribution in [2.24, 2.45) is 11.3 Å².